The SMILES string of the molecule is COC(=O)C(C)Oc1c(Br)cc(C=O)cc1Br. The Kier molecular flexibility index (Phi) is 5.14. The van der Waals surface area contributed by atoms with E-state index in [2.05, 4.69) is 36.6 Å². The molecule has 6 heteroatoms. The second-order valence-corrected chi connectivity index (χ2v) is 4.92. The quantitative estimate of drug-likeness (QED) is 0.608. The highest BCUT2D eigenvalue weighted by molar-refractivity contribution is 9.11. The van der Waals surface area contributed by atoms with Crippen LogP contribution in [0.5, 0.6) is 5.75 Å². The minimum Gasteiger partial charge on any atom is -0.477 e. The third-order valence-corrected chi connectivity index (χ3v) is 3.16. The third kappa shape index (κ3) is 3.54. The number of benzene rings is 1. The zero-order valence-corrected chi connectivity index (χ0v) is 12.4. The fraction of sp³-hybridized carbons (Fsp3) is 0.273. The van der Waals surface area contributed by atoms with Crippen molar-refractivity contribution in [3.05, 3.63) is 26.6 Å². The molecule has 4 nitrogen and oxygen atoms in total. The first-order valence-electron chi connectivity index (χ1n) is 4.68. The molecule has 0 bridgehead atoms. The van der Waals surface area contributed by atoms with E-state index < -0.39 is 12.1 Å². The van der Waals surface area contributed by atoms with Crippen LogP contribution in [0.25, 0.3) is 0 Å². The number of aldehydes is 1. The molecule has 1 unspecified atom stereocenters. The second-order valence-electron chi connectivity index (χ2n) is 3.21. The van der Waals surface area contributed by atoms with Crippen molar-refractivity contribution in [1.82, 2.24) is 0 Å². The normalized spacial score (nSPS) is 11.8. The summed E-state index contributed by atoms with van der Waals surface area (Å²) in [6.45, 7) is 1.58. The van der Waals surface area contributed by atoms with E-state index in [-0.39, 0.29) is 0 Å². The first-order chi connectivity index (χ1) is 7.99. The Morgan fingerprint density at radius 3 is 2.29 bits per heavy atom. The van der Waals surface area contributed by atoms with Crippen LogP contribution < -0.4 is 4.74 Å². The topological polar surface area (TPSA) is 52.6 Å². The van der Waals surface area contributed by atoms with Crippen molar-refractivity contribution in [2.24, 2.45) is 0 Å². The molecule has 92 valence electrons. The Labute approximate surface area is 116 Å². The molecule has 0 fully saturated rings. The molecule has 0 saturated carbocycles. The summed E-state index contributed by atoms with van der Waals surface area (Å²) in [4.78, 5) is 21.9. The molecule has 0 spiro atoms. The maximum atomic E-state index is 11.2. The van der Waals surface area contributed by atoms with Crippen LogP contribution in [0.2, 0.25) is 0 Å². The molecule has 0 aromatic heterocycles. The number of rotatable bonds is 4. The van der Waals surface area contributed by atoms with Gasteiger partial charge in [-0.3, -0.25) is 4.79 Å². The largest absolute Gasteiger partial charge is 0.477 e. The Morgan fingerprint density at radius 1 is 1.35 bits per heavy atom. The fourth-order valence-electron chi connectivity index (χ4n) is 1.15. The first-order valence-corrected chi connectivity index (χ1v) is 6.27. The van der Waals surface area contributed by atoms with Crippen LogP contribution in [0.3, 0.4) is 0 Å². The molecule has 1 aromatic rings. The fourth-order valence-corrected chi connectivity index (χ4v) is 2.56. The van der Waals surface area contributed by atoms with Crippen LogP contribution in [-0.2, 0) is 9.53 Å². The summed E-state index contributed by atoms with van der Waals surface area (Å²) in [5, 5.41) is 0. The summed E-state index contributed by atoms with van der Waals surface area (Å²) >= 11 is 6.54. The van der Waals surface area contributed by atoms with Gasteiger partial charge < -0.3 is 9.47 Å². The molecule has 0 heterocycles. The molecule has 17 heavy (non-hydrogen) atoms. The highest BCUT2D eigenvalue weighted by Gasteiger charge is 2.18. The molecule has 0 aliphatic heterocycles. The number of esters is 1. The van der Waals surface area contributed by atoms with Gasteiger partial charge in [-0.25, -0.2) is 4.79 Å². The van der Waals surface area contributed by atoms with Gasteiger partial charge >= 0.3 is 5.97 Å². The summed E-state index contributed by atoms with van der Waals surface area (Å²) < 4.78 is 11.2. The minimum absolute atomic E-state index is 0.452. The van der Waals surface area contributed by atoms with Gasteiger partial charge in [-0.1, -0.05) is 0 Å². The second kappa shape index (κ2) is 6.16. The van der Waals surface area contributed by atoms with Crippen LogP contribution in [0.15, 0.2) is 21.1 Å². The zero-order chi connectivity index (χ0) is 13.0. The monoisotopic (exact) mass is 364 g/mol. The van der Waals surface area contributed by atoms with Gasteiger partial charge in [-0.05, 0) is 50.9 Å². The van der Waals surface area contributed by atoms with Crippen LogP contribution in [0, 0.1) is 0 Å². The summed E-state index contributed by atoms with van der Waals surface area (Å²) in [6.07, 6.45) is -0.00191. The molecule has 0 aliphatic carbocycles. The van der Waals surface area contributed by atoms with Crippen molar-refractivity contribution in [3.8, 4) is 5.75 Å². The predicted octanol–water partition coefficient (Wildman–Crippen LogP) is 2.96. The Hall–Kier alpha value is -0.880. The van der Waals surface area contributed by atoms with Gasteiger partial charge in [0.05, 0.1) is 16.1 Å². The molecular weight excluding hydrogens is 356 g/mol. The van der Waals surface area contributed by atoms with E-state index in [9.17, 15) is 9.59 Å². The number of carbonyl (C=O) groups is 2. The highest BCUT2D eigenvalue weighted by atomic mass is 79.9. The number of ether oxygens (including phenoxy) is 2. The van der Waals surface area contributed by atoms with Crippen molar-refractivity contribution in [3.63, 3.8) is 0 Å². The van der Waals surface area contributed by atoms with Gasteiger partial charge in [0.25, 0.3) is 0 Å². The van der Waals surface area contributed by atoms with E-state index in [1.54, 1.807) is 19.1 Å². The molecule has 0 radical (unpaired) electrons. The molecule has 1 rings (SSSR count). The Balaban J connectivity index is 2.99. The van der Waals surface area contributed by atoms with E-state index in [0.717, 1.165) is 6.29 Å². The first kappa shape index (κ1) is 14.2. The average molecular weight is 366 g/mol. The van der Waals surface area contributed by atoms with Gasteiger partial charge in [0, 0.05) is 5.56 Å². The Bertz CT molecular complexity index is 422. The van der Waals surface area contributed by atoms with Gasteiger partial charge in [-0.15, -0.1) is 0 Å². The van der Waals surface area contributed by atoms with Crippen LogP contribution in [-0.4, -0.2) is 25.5 Å². The van der Waals surface area contributed by atoms with Gasteiger partial charge in [0.15, 0.2) is 6.10 Å². The van der Waals surface area contributed by atoms with Gasteiger partial charge in [0.2, 0.25) is 0 Å². The smallest absolute Gasteiger partial charge is 0.346 e. The van der Waals surface area contributed by atoms with Crippen LogP contribution >= 0.6 is 31.9 Å². The number of hydrogen-bond donors (Lipinski definition) is 0. The lowest BCUT2D eigenvalue weighted by Gasteiger charge is -2.15. The minimum atomic E-state index is -0.727. The lowest BCUT2D eigenvalue weighted by molar-refractivity contribution is -0.147. The van der Waals surface area contributed by atoms with E-state index in [1.165, 1.54) is 7.11 Å². The van der Waals surface area contributed by atoms with Gasteiger partial charge in [0.1, 0.15) is 12.0 Å². The van der Waals surface area contributed by atoms with Crippen molar-refractivity contribution in [1.29, 1.82) is 0 Å². The lowest BCUT2D eigenvalue weighted by atomic mass is 10.2. The highest BCUT2D eigenvalue weighted by Crippen LogP contribution is 2.35. The molecule has 0 saturated heterocycles. The maximum absolute atomic E-state index is 11.2. The van der Waals surface area contributed by atoms with Crippen LogP contribution in [0.4, 0.5) is 0 Å². The van der Waals surface area contributed by atoms with Crippen molar-refractivity contribution >= 4 is 44.1 Å². The van der Waals surface area contributed by atoms with Crippen molar-refractivity contribution in [2.75, 3.05) is 7.11 Å². The molecule has 0 amide bonds. The average Bonchev–Trinajstić information content (AvgIpc) is 2.31. The Morgan fingerprint density at radius 2 is 1.88 bits per heavy atom. The molecular formula is C11H10Br2O4. The van der Waals surface area contributed by atoms with Crippen molar-refractivity contribution < 1.29 is 19.1 Å². The maximum Gasteiger partial charge on any atom is 0.346 e. The number of carbonyl (C=O) groups excluding carboxylic acids is 2. The standard InChI is InChI=1S/C11H10Br2O4/c1-6(11(15)16-2)17-10-8(12)3-7(5-14)4-9(10)13/h3-6H,1-2H3. The zero-order valence-electron chi connectivity index (χ0n) is 9.20. The number of methoxy groups -OCH3 is 1. The molecule has 1 atom stereocenters. The molecule has 0 N–H and O–H groups in total. The van der Waals surface area contributed by atoms with E-state index in [1.807, 2.05) is 0 Å². The van der Waals surface area contributed by atoms with E-state index in [4.69, 9.17) is 4.74 Å². The summed E-state index contributed by atoms with van der Waals surface area (Å²) in [7, 11) is 1.29. The lowest BCUT2D eigenvalue weighted by Crippen LogP contribution is -2.25. The van der Waals surface area contributed by atoms with E-state index in [0.29, 0.717) is 20.3 Å². The summed E-state index contributed by atoms with van der Waals surface area (Å²) in [5.74, 6) is -0.0169. The summed E-state index contributed by atoms with van der Waals surface area (Å²) in [5.41, 5.74) is 0.502. The molecule has 0 aliphatic rings. The third-order valence-electron chi connectivity index (χ3n) is 1.98. The number of halogens is 2. The summed E-state index contributed by atoms with van der Waals surface area (Å²) in [6, 6.07) is 3.22. The predicted molar refractivity (Wildman–Crippen MR) is 69.3 cm³/mol. The number of hydrogen-bond acceptors (Lipinski definition) is 4. The van der Waals surface area contributed by atoms with Crippen LogP contribution in [0.1, 0.15) is 17.3 Å². The van der Waals surface area contributed by atoms with Gasteiger partial charge in [-0.2, -0.15) is 0 Å². The van der Waals surface area contributed by atoms with E-state index >= 15 is 0 Å². The molecule has 1 aromatic carbocycles. The van der Waals surface area contributed by atoms with Crippen molar-refractivity contribution in [2.45, 2.75) is 13.0 Å².